The van der Waals surface area contributed by atoms with E-state index in [4.69, 9.17) is 5.73 Å². The van der Waals surface area contributed by atoms with Crippen molar-refractivity contribution in [1.82, 2.24) is 9.78 Å². The zero-order valence-corrected chi connectivity index (χ0v) is 13.8. The molecule has 0 fully saturated rings. The Balaban J connectivity index is 0.00000242. The summed E-state index contributed by atoms with van der Waals surface area (Å²) < 4.78 is 1.85. The lowest BCUT2D eigenvalue weighted by atomic mass is 9.96. The lowest BCUT2D eigenvalue weighted by molar-refractivity contribution is -0.120. The highest BCUT2D eigenvalue weighted by molar-refractivity contribution is 5.97. The van der Waals surface area contributed by atoms with Crippen LogP contribution in [0.3, 0.4) is 0 Å². The Morgan fingerprint density at radius 1 is 1.36 bits per heavy atom. The Kier molecular flexibility index (Phi) is 6.59. The molecule has 0 bridgehead atoms. The summed E-state index contributed by atoms with van der Waals surface area (Å²) in [6.07, 6.45) is 5.21. The predicted molar refractivity (Wildman–Crippen MR) is 91.1 cm³/mol. The van der Waals surface area contributed by atoms with Crippen LogP contribution in [0.25, 0.3) is 0 Å². The number of benzene rings is 1. The Bertz CT molecular complexity index is 579. The van der Waals surface area contributed by atoms with Crippen LogP contribution in [-0.4, -0.2) is 21.2 Å². The number of anilines is 1. The molecule has 1 atom stereocenters. The molecule has 120 valence electrons. The number of aromatic nitrogens is 2. The summed E-state index contributed by atoms with van der Waals surface area (Å²) in [6.45, 7) is 4.49. The summed E-state index contributed by atoms with van der Waals surface area (Å²) in [5.74, 6) is -0.149. The number of carbonyl (C=O) groups is 1. The first-order valence-electron chi connectivity index (χ1n) is 7.18. The van der Waals surface area contributed by atoms with Gasteiger partial charge in [-0.2, -0.15) is 5.10 Å². The quantitative estimate of drug-likeness (QED) is 0.859. The molecule has 0 aliphatic heterocycles. The van der Waals surface area contributed by atoms with Gasteiger partial charge in [-0.15, -0.1) is 12.4 Å². The van der Waals surface area contributed by atoms with E-state index in [9.17, 15) is 4.79 Å². The van der Waals surface area contributed by atoms with Crippen molar-refractivity contribution in [1.29, 1.82) is 0 Å². The molecule has 1 unspecified atom stereocenters. The minimum Gasteiger partial charge on any atom is -0.325 e. The average molecular weight is 323 g/mol. The molecule has 0 radical (unpaired) electrons. The van der Waals surface area contributed by atoms with Crippen LogP contribution >= 0.6 is 12.4 Å². The van der Waals surface area contributed by atoms with Crippen LogP contribution in [0.4, 0.5) is 5.69 Å². The second kappa shape index (κ2) is 7.96. The molecule has 6 heteroatoms. The molecule has 3 N–H and O–H groups in total. The number of nitrogens with one attached hydrogen (secondary N) is 1. The van der Waals surface area contributed by atoms with Crippen molar-refractivity contribution in [3.63, 3.8) is 0 Å². The van der Waals surface area contributed by atoms with E-state index in [-0.39, 0.29) is 18.3 Å². The molecule has 1 aromatic carbocycles. The minimum absolute atomic E-state index is 0. The summed E-state index contributed by atoms with van der Waals surface area (Å²) in [4.78, 5) is 12.1. The maximum atomic E-state index is 12.1. The molecule has 0 aliphatic rings. The van der Waals surface area contributed by atoms with Gasteiger partial charge in [-0.1, -0.05) is 25.5 Å². The van der Waals surface area contributed by atoms with Crippen molar-refractivity contribution in [2.24, 2.45) is 5.73 Å². The SMILES string of the molecule is CCCC(C)(N)C(=O)Nc1ccc(Cn2cccn2)cc1.Cl. The number of amides is 1. The normalized spacial score (nSPS) is 13.0. The fraction of sp³-hybridized carbons (Fsp3) is 0.375. The molecule has 22 heavy (non-hydrogen) atoms. The first-order valence-corrected chi connectivity index (χ1v) is 7.18. The van der Waals surface area contributed by atoms with E-state index in [0.29, 0.717) is 13.0 Å². The van der Waals surface area contributed by atoms with Gasteiger partial charge in [-0.3, -0.25) is 9.48 Å². The zero-order chi connectivity index (χ0) is 15.3. The number of hydrogen-bond acceptors (Lipinski definition) is 3. The van der Waals surface area contributed by atoms with Crippen molar-refractivity contribution < 1.29 is 4.79 Å². The van der Waals surface area contributed by atoms with Gasteiger partial charge in [-0.25, -0.2) is 0 Å². The molecule has 1 amide bonds. The molecule has 0 spiro atoms. The van der Waals surface area contributed by atoms with E-state index >= 15 is 0 Å². The molecule has 2 aromatic rings. The molecule has 2 rings (SSSR count). The molecule has 1 aromatic heterocycles. The van der Waals surface area contributed by atoms with Crippen molar-refractivity contribution in [2.75, 3.05) is 5.32 Å². The molecule has 0 saturated carbocycles. The topological polar surface area (TPSA) is 72.9 Å². The van der Waals surface area contributed by atoms with Gasteiger partial charge in [0.05, 0.1) is 12.1 Å². The molecular formula is C16H23ClN4O. The smallest absolute Gasteiger partial charge is 0.244 e. The summed E-state index contributed by atoms with van der Waals surface area (Å²) in [5, 5.41) is 7.03. The van der Waals surface area contributed by atoms with Crippen LogP contribution in [0.1, 0.15) is 32.3 Å². The van der Waals surface area contributed by atoms with Crippen LogP contribution in [-0.2, 0) is 11.3 Å². The van der Waals surface area contributed by atoms with Crippen molar-refractivity contribution in [2.45, 2.75) is 38.8 Å². The largest absolute Gasteiger partial charge is 0.325 e. The second-order valence-corrected chi connectivity index (χ2v) is 5.52. The first-order chi connectivity index (χ1) is 10.0. The number of hydrogen-bond donors (Lipinski definition) is 2. The maximum absolute atomic E-state index is 12.1. The summed E-state index contributed by atoms with van der Waals surface area (Å²) >= 11 is 0. The van der Waals surface area contributed by atoms with Crippen LogP contribution < -0.4 is 11.1 Å². The molecule has 0 aliphatic carbocycles. The van der Waals surface area contributed by atoms with Gasteiger partial charge in [0, 0.05) is 18.1 Å². The van der Waals surface area contributed by atoms with Gasteiger partial charge in [0.2, 0.25) is 5.91 Å². The van der Waals surface area contributed by atoms with Crippen LogP contribution in [0.5, 0.6) is 0 Å². The van der Waals surface area contributed by atoms with E-state index in [1.807, 2.05) is 48.1 Å². The van der Waals surface area contributed by atoms with Crippen molar-refractivity contribution >= 4 is 24.0 Å². The van der Waals surface area contributed by atoms with Gasteiger partial charge < -0.3 is 11.1 Å². The first kappa shape index (κ1) is 18.2. The number of nitrogens with two attached hydrogens (primary N) is 1. The van der Waals surface area contributed by atoms with E-state index in [2.05, 4.69) is 10.4 Å². The fourth-order valence-electron chi connectivity index (χ4n) is 2.18. The molecule has 1 heterocycles. The summed E-state index contributed by atoms with van der Waals surface area (Å²) in [7, 11) is 0. The van der Waals surface area contributed by atoms with Gasteiger partial charge in [0.15, 0.2) is 0 Å². The van der Waals surface area contributed by atoms with Crippen LogP contribution in [0.15, 0.2) is 42.7 Å². The maximum Gasteiger partial charge on any atom is 0.244 e. The second-order valence-electron chi connectivity index (χ2n) is 5.52. The monoisotopic (exact) mass is 322 g/mol. The summed E-state index contributed by atoms with van der Waals surface area (Å²) in [6, 6.07) is 9.62. The van der Waals surface area contributed by atoms with Crippen molar-refractivity contribution in [3.05, 3.63) is 48.3 Å². The Labute approximate surface area is 137 Å². The number of rotatable bonds is 6. The average Bonchev–Trinajstić information content (AvgIpc) is 2.94. The summed E-state index contributed by atoms with van der Waals surface area (Å²) in [5.41, 5.74) is 7.07. The Morgan fingerprint density at radius 2 is 2.05 bits per heavy atom. The third-order valence-electron chi connectivity index (χ3n) is 3.40. The van der Waals surface area contributed by atoms with Gasteiger partial charge in [0.25, 0.3) is 0 Å². The standard InChI is InChI=1S/C16H22N4O.ClH/c1-3-9-16(2,17)15(21)19-14-7-5-13(6-8-14)12-20-11-4-10-18-20;/h4-8,10-11H,3,9,12,17H2,1-2H3,(H,19,21);1H. The number of carbonyl (C=O) groups excluding carboxylic acids is 1. The van der Waals surface area contributed by atoms with Gasteiger partial charge >= 0.3 is 0 Å². The lowest BCUT2D eigenvalue weighted by Gasteiger charge is -2.22. The third kappa shape index (κ3) is 4.86. The van der Waals surface area contributed by atoms with E-state index in [0.717, 1.165) is 17.7 Å². The third-order valence-corrected chi connectivity index (χ3v) is 3.40. The van der Waals surface area contributed by atoms with Gasteiger partial charge in [0.1, 0.15) is 0 Å². The number of halogens is 1. The van der Waals surface area contributed by atoms with E-state index in [1.54, 1.807) is 13.1 Å². The fourth-order valence-corrected chi connectivity index (χ4v) is 2.18. The van der Waals surface area contributed by atoms with Crippen LogP contribution in [0, 0.1) is 0 Å². The van der Waals surface area contributed by atoms with E-state index in [1.165, 1.54) is 0 Å². The lowest BCUT2D eigenvalue weighted by Crippen LogP contribution is -2.48. The number of nitrogens with zero attached hydrogens (tertiary/aromatic N) is 2. The van der Waals surface area contributed by atoms with Crippen LogP contribution in [0.2, 0.25) is 0 Å². The zero-order valence-electron chi connectivity index (χ0n) is 13.0. The van der Waals surface area contributed by atoms with Crippen molar-refractivity contribution in [3.8, 4) is 0 Å². The Hall–Kier alpha value is -1.85. The highest BCUT2D eigenvalue weighted by atomic mass is 35.5. The Morgan fingerprint density at radius 3 is 2.59 bits per heavy atom. The molecular weight excluding hydrogens is 300 g/mol. The highest BCUT2D eigenvalue weighted by Crippen LogP contribution is 2.15. The molecule has 0 saturated heterocycles. The highest BCUT2D eigenvalue weighted by Gasteiger charge is 2.26. The van der Waals surface area contributed by atoms with E-state index < -0.39 is 5.54 Å². The minimum atomic E-state index is -0.831. The molecule has 5 nitrogen and oxygen atoms in total. The van der Waals surface area contributed by atoms with Gasteiger partial charge in [-0.05, 0) is 37.1 Å². The predicted octanol–water partition coefficient (Wildman–Crippen LogP) is 2.81.